The second-order valence-electron chi connectivity index (χ2n) is 4.46. The number of aromatic amines is 1. The number of H-pyrrole nitrogens is 1. The SMILES string of the molecule is COc1ccc2[nH]c(C)c(C/C=C(\C)Cl)c(=O)c2c1. The Morgan fingerprint density at radius 1 is 1.47 bits per heavy atom. The number of allylic oxidation sites excluding steroid dienone is 2. The topological polar surface area (TPSA) is 42.1 Å². The molecule has 0 aliphatic carbocycles. The van der Waals surface area contributed by atoms with Gasteiger partial charge in [0.2, 0.25) is 0 Å². The molecular formula is C15H16ClNO2. The van der Waals surface area contributed by atoms with Crippen LogP contribution in [0.2, 0.25) is 0 Å². The summed E-state index contributed by atoms with van der Waals surface area (Å²) in [6.45, 7) is 3.70. The normalized spacial score (nSPS) is 11.9. The predicted octanol–water partition coefficient (Wildman–Crippen LogP) is 3.53. The number of benzene rings is 1. The maximum atomic E-state index is 12.5. The van der Waals surface area contributed by atoms with Crippen LogP contribution in [0.4, 0.5) is 0 Å². The van der Waals surface area contributed by atoms with Gasteiger partial charge in [-0.15, -0.1) is 0 Å². The number of ether oxygens (including phenoxy) is 1. The van der Waals surface area contributed by atoms with Crippen molar-refractivity contribution in [3.05, 3.63) is 50.8 Å². The predicted molar refractivity (Wildman–Crippen MR) is 79.2 cm³/mol. The molecule has 2 aromatic rings. The van der Waals surface area contributed by atoms with E-state index >= 15 is 0 Å². The molecule has 1 aromatic heterocycles. The smallest absolute Gasteiger partial charge is 0.193 e. The molecule has 0 aliphatic heterocycles. The van der Waals surface area contributed by atoms with Gasteiger partial charge >= 0.3 is 0 Å². The highest BCUT2D eigenvalue weighted by atomic mass is 35.5. The Bertz CT molecular complexity index is 697. The van der Waals surface area contributed by atoms with E-state index in [0.717, 1.165) is 16.8 Å². The minimum atomic E-state index is 0.0271. The summed E-state index contributed by atoms with van der Waals surface area (Å²) in [5.74, 6) is 0.678. The van der Waals surface area contributed by atoms with E-state index in [9.17, 15) is 4.79 Å². The number of fused-ring (bicyclic) bond motifs is 1. The monoisotopic (exact) mass is 277 g/mol. The van der Waals surface area contributed by atoms with Gasteiger partial charge in [0, 0.05) is 27.2 Å². The summed E-state index contributed by atoms with van der Waals surface area (Å²) >= 11 is 5.83. The van der Waals surface area contributed by atoms with Crippen molar-refractivity contribution < 1.29 is 4.74 Å². The van der Waals surface area contributed by atoms with Crippen LogP contribution in [0, 0.1) is 6.92 Å². The van der Waals surface area contributed by atoms with Gasteiger partial charge in [-0.1, -0.05) is 17.7 Å². The van der Waals surface area contributed by atoms with E-state index in [1.807, 2.05) is 25.1 Å². The van der Waals surface area contributed by atoms with Gasteiger partial charge in [0.1, 0.15) is 5.75 Å². The van der Waals surface area contributed by atoms with Crippen molar-refractivity contribution in [3.63, 3.8) is 0 Å². The molecule has 2 rings (SSSR count). The van der Waals surface area contributed by atoms with Gasteiger partial charge in [-0.25, -0.2) is 0 Å². The minimum absolute atomic E-state index is 0.0271. The third-order valence-electron chi connectivity index (χ3n) is 3.11. The summed E-state index contributed by atoms with van der Waals surface area (Å²) in [4.78, 5) is 15.7. The van der Waals surface area contributed by atoms with Gasteiger partial charge in [0.25, 0.3) is 0 Å². The molecule has 0 saturated heterocycles. The van der Waals surface area contributed by atoms with Crippen LogP contribution in [0.5, 0.6) is 5.75 Å². The van der Waals surface area contributed by atoms with Crippen molar-refractivity contribution >= 4 is 22.5 Å². The van der Waals surface area contributed by atoms with Crippen LogP contribution in [0.25, 0.3) is 10.9 Å². The second kappa shape index (κ2) is 5.49. The van der Waals surface area contributed by atoms with Crippen LogP contribution in [0.15, 0.2) is 34.1 Å². The summed E-state index contributed by atoms with van der Waals surface area (Å²) in [5, 5.41) is 1.32. The van der Waals surface area contributed by atoms with E-state index in [1.54, 1.807) is 20.1 Å². The average molecular weight is 278 g/mol. The Kier molecular flexibility index (Phi) is 3.96. The van der Waals surface area contributed by atoms with Crippen LogP contribution in [-0.4, -0.2) is 12.1 Å². The largest absolute Gasteiger partial charge is 0.497 e. The lowest BCUT2D eigenvalue weighted by Gasteiger charge is -2.08. The van der Waals surface area contributed by atoms with Gasteiger partial charge < -0.3 is 9.72 Å². The zero-order valence-corrected chi connectivity index (χ0v) is 12.0. The Morgan fingerprint density at radius 2 is 2.21 bits per heavy atom. The molecule has 0 bridgehead atoms. The zero-order chi connectivity index (χ0) is 14.0. The lowest BCUT2D eigenvalue weighted by atomic mass is 10.1. The van der Waals surface area contributed by atoms with Crippen molar-refractivity contribution in [3.8, 4) is 5.75 Å². The van der Waals surface area contributed by atoms with Crippen LogP contribution in [-0.2, 0) is 6.42 Å². The Balaban J connectivity index is 2.65. The van der Waals surface area contributed by atoms with Crippen molar-refractivity contribution in [2.75, 3.05) is 7.11 Å². The molecule has 4 heteroatoms. The fourth-order valence-corrected chi connectivity index (χ4v) is 2.12. The quantitative estimate of drug-likeness (QED) is 0.932. The van der Waals surface area contributed by atoms with Gasteiger partial charge in [0.15, 0.2) is 5.43 Å². The standard InChI is InChI=1S/C15H16ClNO2/c1-9(16)4-6-12-10(2)17-14-7-5-11(19-3)8-13(14)15(12)18/h4-5,7-8H,6H2,1-3H3,(H,17,18)/b9-4+. The number of hydrogen-bond acceptors (Lipinski definition) is 2. The molecule has 0 radical (unpaired) electrons. The summed E-state index contributed by atoms with van der Waals surface area (Å²) in [6.07, 6.45) is 2.37. The average Bonchev–Trinajstić information content (AvgIpc) is 2.38. The Hall–Kier alpha value is -1.74. The third kappa shape index (κ3) is 2.82. The van der Waals surface area contributed by atoms with Crippen LogP contribution < -0.4 is 10.2 Å². The number of aromatic nitrogens is 1. The number of rotatable bonds is 3. The van der Waals surface area contributed by atoms with Crippen LogP contribution >= 0.6 is 11.6 Å². The Morgan fingerprint density at radius 3 is 2.84 bits per heavy atom. The number of pyridine rings is 1. The number of aryl methyl sites for hydroxylation is 1. The van der Waals surface area contributed by atoms with Gasteiger partial charge in [0.05, 0.1) is 7.11 Å². The number of halogens is 1. The molecule has 0 saturated carbocycles. The first-order valence-corrected chi connectivity index (χ1v) is 6.42. The molecule has 0 unspecified atom stereocenters. The van der Waals surface area contributed by atoms with Gasteiger partial charge in [-0.05, 0) is 38.5 Å². The molecule has 0 aliphatic rings. The first-order chi connectivity index (χ1) is 9.02. The van der Waals surface area contributed by atoms with Crippen molar-refractivity contribution in [1.29, 1.82) is 0 Å². The van der Waals surface area contributed by atoms with Crippen LogP contribution in [0.3, 0.4) is 0 Å². The summed E-state index contributed by atoms with van der Waals surface area (Å²) < 4.78 is 5.16. The van der Waals surface area contributed by atoms with Crippen molar-refractivity contribution in [1.82, 2.24) is 4.98 Å². The molecule has 0 fully saturated rings. The number of hydrogen-bond donors (Lipinski definition) is 1. The second-order valence-corrected chi connectivity index (χ2v) is 5.06. The summed E-state index contributed by atoms with van der Waals surface area (Å²) in [5.41, 5.74) is 2.45. The van der Waals surface area contributed by atoms with E-state index in [4.69, 9.17) is 16.3 Å². The van der Waals surface area contributed by atoms with Gasteiger partial charge in [-0.3, -0.25) is 4.79 Å². The highest BCUT2D eigenvalue weighted by molar-refractivity contribution is 6.29. The minimum Gasteiger partial charge on any atom is -0.497 e. The van der Waals surface area contributed by atoms with Gasteiger partial charge in [-0.2, -0.15) is 0 Å². The molecule has 0 spiro atoms. The lowest BCUT2D eigenvalue weighted by Crippen LogP contribution is -2.12. The molecule has 0 amide bonds. The summed E-state index contributed by atoms with van der Waals surface area (Å²) in [7, 11) is 1.59. The lowest BCUT2D eigenvalue weighted by molar-refractivity contribution is 0.415. The first kappa shape index (κ1) is 13.7. The van der Waals surface area contributed by atoms with E-state index in [2.05, 4.69) is 4.98 Å². The summed E-state index contributed by atoms with van der Waals surface area (Å²) in [6, 6.07) is 5.45. The molecule has 1 heterocycles. The fraction of sp³-hybridized carbons (Fsp3) is 0.267. The highest BCUT2D eigenvalue weighted by Crippen LogP contribution is 2.18. The molecule has 19 heavy (non-hydrogen) atoms. The molecular weight excluding hydrogens is 262 g/mol. The third-order valence-corrected chi connectivity index (χ3v) is 3.26. The highest BCUT2D eigenvalue weighted by Gasteiger charge is 2.09. The van der Waals surface area contributed by atoms with E-state index in [0.29, 0.717) is 22.6 Å². The van der Waals surface area contributed by atoms with E-state index in [-0.39, 0.29) is 5.43 Å². The Labute approximate surface area is 116 Å². The molecule has 1 aromatic carbocycles. The van der Waals surface area contributed by atoms with Crippen LogP contribution in [0.1, 0.15) is 18.2 Å². The number of methoxy groups -OCH3 is 1. The van der Waals surface area contributed by atoms with E-state index < -0.39 is 0 Å². The molecule has 1 N–H and O–H groups in total. The molecule has 0 atom stereocenters. The molecule has 100 valence electrons. The fourth-order valence-electron chi connectivity index (χ4n) is 2.05. The van der Waals surface area contributed by atoms with Crippen molar-refractivity contribution in [2.45, 2.75) is 20.3 Å². The zero-order valence-electron chi connectivity index (χ0n) is 11.2. The number of nitrogens with one attached hydrogen (secondary N) is 1. The van der Waals surface area contributed by atoms with E-state index in [1.165, 1.54) is 0 Å². The maximum Gasteiger partial charge on any atom is 0.193 e. The molecule has 3 nitrogen and oxygen atoms in total. The van der Waals surface area contributed by atoms with Crippen molar-refractivity contribution in [2.24, 2.45) is 0 Å². The maximum absolute atomic E-state index is 12.5. The first-order valence-electron chi connectivity index (χ1n) is 6.04.